The second kappa shape index (κ2) is 5.98. The number of rotatable bonds is 2. The van der Waals surface area contributed by atoms with Gasteiger partial charge in [-0.2, -0.15) is 0 Å². The summed E-state index contributed by atoms with van der Waals surface area (Å²) in [4.78, 5) is 23.8. The molecule has 0 amide bonds. The van der Waals surface area contributed by atoms with Gasteiger partial charge in [0.2, 0.25) is 0 Å². The largest absolute Gasteiger partial charge is 0.469 e. The number of ether oxygens (including phenoxy) is 1. The molecule has 0 saturated carbocycles. The topological polar surface area (TPSA) is 43.4 Å². The molecule has 1 aliphatic rings. The summed E-state index contributed by atoms with van der Waals surface area (Å²) in [7, 11) is 1.34. The fraction of sp³-hybridized carbons (Fsp3) is 0.333. The molecule has 0 unspecified atom stereocenters. The summed E-state index contributed by atoms with van der Waals surface area (Å²) in [5.41, 5.74) is 1.39. The van der Waals surface area contributed by atoms with E-state index in [9.17, 15) is 9.59 Å². The highest BCUT2D eigenvalue weighted by atomic mass is 35.5. The van der Waals surface area contributed by atoms with Crippen LogP contribution in [0.3, 0.4) is 0 Å². The van der Waals surface area contributed by atoms with Gasteiger partial charge >= 0.3 is 5.97 Å². The number of hydrogen-bond acceptors (Lipinski definition) is 3. The molecule has 0 aliphatic heterocycles. The van der Waals surface area contributed by atoms with E-state index < -0.39 is 5.92 Å². The van der Waals surface area contributed by atoms with E-state index in [1.165, 1.54) is 13.2 Å². The average Bonchev–Trinajstić information content (AvgIpc) is 2.40. The first-order valence-electron chi connectivity index (χ1n) is 6.18. The fourth-order valence-corrected chi connectivity index (χ4v) is 3.08. The minimum atomic E-state index is -0.506. The number of halogens is 2. The van der Waals surface area contributed by atoms with Crippen LogP contribution in [0.15, 0.2) is 29.8 Å². The van der Waals surface area contributed by atoms with Crippen molar-refractivity contribution in [3.05, 3.63) is 45.5 Å². The third-order valence-corrected chi connectivity index (χ3v) is 4.37. The number of benzene rings is 1. The van der Waals surface area contributed by atoms with Crippen LogP contribution in [0.2, 0.25) is 10.0 Å². The molecular formula is C15H14Cl2O3. The molecule has 0 bridgehead atoms. The molecule has 0 saturated heterocycles. The second-order valence-electron chi connectivity index (χ2n) is 4.81. The van der Waals surface area contributed by atoms with Crippen molar-refractivity contribution >= 4 is 35.0 Å². The van der Waals surface area contributed by atoms with Gasteiger partial charge in [-0.05, 0) is 24.6 Å². The lowest BCUT2D eigenvalue weighted by molar-refractivity contribution is -0.145. The van der Waals surface area contributed by atoms with Gasteiger partial charge in [-0.1, -0.05) is 40.9 Å². The molecule has 0 fully saturated rings. The first-order chi connectivity index (χ1) is 9.45. The van der Waals surface area contributed by atoms with Gasteiger partial charge < -0.3 is 4.74 Å². The maximum Gasteiger partial charge on any atom is 0.313 e. The molecule has 0 heterocycles. The van der Waals surface area contributed by atoms with Gasteiger partial charge in [0.05, 0.1) is 23.1 Å². The summed E-state index contributed by atoms with van der Waals surface area (Å²) in [6.07, 6.45) is 1.72. The predicted molar refractivity (Wildman–Crippen MR) is 78.1 cm³/mol. The van der Waals surface area contributed by atoms with Crippen LogP contribution >= 0.6 is 23.2 Å². The number of esters is 1. The van der Waals surface area contributed by atoms with Gasteiger partial charge in [0, 0.05) is 12.3 Å². The van der Waals surface area contributed by atoms with Crippen molar-refractivity contribution in [1.29, 1.82) is 0 Å². The highest BCUT2D eigenvalue weighted by Crippen LogP contribution is 2.42. The molecule has 2 rings (SSSR count). The van der Waals surface area contributed by atoms with E-state index in [1.807, 2.05) is 0 Å². The minimum absolute atomic E-state index is 0.0244. The van der Waals surface area contributed by atoms with E-state index in [2.05, 4.69) is 0 Å². The predicted octanol–water partition coefficient (Wildman–Crippen LogP) is 3.79. The Morgan fingerprint density at radius 3 is 2.70 bits per heavy atom. The van der Waals surface area contributed by atoms with Crippen molar-refractivity contribution in [1.82, 2.24) is 0 Å². The Morgan fingerprint density at radius 2 is 2.05 bits per heavy atom. The van der Waals surface area contributed by atoms with Crippen LogP contribution in [0.1, 0.15) is 24.8 Å². The molecule has 1 aliphatic carbocycles. The summed E-state index contributed by atoms with van der Waals surface area (Å²) in [5.74, 6) is -1.24. The van der Waals surface area contributed by atoms with E-state index in [4.69, 9.17) is 27.9 Å². The van der Waals surface area contributed by atoms with Crippen molar-refractivity contribution in [2.24, 2.45) is 5.92 Å². The first kappa shape index (κ1) is 15.1. The Bertz CT molecular complexity index is 593. The molecule has 1 aromatic carbocycles. The van der Waals surface area contributed by atoms with Crippen LogP contribution < -0.4 is 0 Å². The van der Waals surface area contributed by atoms with Gasteiger partial charge in [-0.15, -0.1) is 0 Å². The van der Waals surface area contributed by atoms with Crippen LogP contribution in [0.5, 0.6) is 0 Å². The zero-order valence-corrected chi connectivity index (χ0v) is 12.7. The SMILES string of the molecule is COC(=O)[C@@H]1C(C)=CC(=O)C[C@H]1c1cccc(Cl)c1Cl. The molecule has 0 N–H and O–H groups in total. The zero-order valence-electron chi connectivity index (χ0n) is 11.2. The van der Waals surface area contributed by atoms with Crippen LogP contribution in [-0.2, 0) is 14.3 Å². The smallest absolute Gasteiger partial charge is 0.313 e. The second-order valence-corrected chi connectivity index (χ2v) is 5.59. The van der Waals surface area contributed by atoms with Gasteiger partial charge in [-0.25, -0.2) is 0 Å². The average molecular weight is 313 g/mol. The summed E-state index contributed by atoms with van der Waals surface area (Å²) >= 11 is 12.2. The van der Waals surface area contributed by atoms with Crippen LogP contribution in [0, 0.1) is 5.92 Å². The number of ketones is 1. The lowest BCUT2D eigenvalue weighted by Crippen LogP contribution is -2.30. The first-order valence-corrected chi connectivity index (χ1v) is 6.94. The molecule has 0 radical (unpaired) electrons. The Balaban J connectivity index is 2.52. The minimum Gasteiger partial charge on any atom is -0.469 e. The van der Waals surface area contributed by atoms with Crippen molar-refractivity contribution in [3.8, 4) is 0 Å². The van der Waals surface area contributed by atoms with Gasteiger partial charge in [-0.3, -0.25) is 9.59 Å². The fourth-order valence-electron chi connectivity index (χ4n) is 2.63. The highest BCUT2D eigenvalue weighted by Gasteiger charge is 2.37. The van der Waals surface area contributed by atoms with E-state index in [1.54, 1.807) is 25.1 Å². The Labute approximate surface area is 127 Å². The van der Waals surface area contributed by atoms with Crippen molar-refractivity contribution < 1.29 is 14.3 Å². The van der Waals surface area contributed by atoms with Crippen LogP contribution in [0.25, 0.3) is 0 Å². The molecule has 1 aromatic rings. The Morgan fingerprint density at radius 1 is 1.35 bits per heavy atom. The monoisotopic (exact) mass is 312 g/mol. The standard InChI is InChI=1S/C15H14Cl2O3/c1-8-6-9(18)7-11(13(8)15(19)20-2)10-4-3-5-12(16)14(10)17/h3-6,11,13H,7H2,1-2H3/t11-,13+/m0/s1. The summed E-state index contributed by atoms with van der Waals surface area (Å²) in [6.45, 7) is 1.75. The lowest BCUT2D eigenvalue weighted by atomic mass is 9.75. The van der Waals surface area contributed by atoms with Crippen LogP contribution in [0.4, 0.5) is 0 Å². The zero-order chi connectivity index (χ0) is 14.9. The van der Waals surface area contributed by atoms with Crippen molar-refractivity contribution in [2.75, 3.05) is 7.11 Å². The van der Waals surface area contributed by atoms with E-state index in [0.717, 1.165) is 0 Å². The summed E-state index contributed by atoms with van der Waals surface area (Å²) < 4.78 is 4.85. The molecule has 2 atom stereocenters. The van der Waals surface area contributed by atoms with Gasteiger partial charge in [0.1, 0.15) is 0 Å². The van der Waals surface area contributed by atoms with Gasteiger partial charge in [0.25, 0.3) is 0 Å². The quantitative estimate of drug-likeness (QED) is 0.780. The van der Waals surface area contributed by atoms with E-state index in [-0.39, 0.29) is 24.1 Å². The number of allylic oxidation sites excluding steroid dienone is 1. The molecule has 3 nitrogen and oxygen atoms in total. The Hall–Kier alpha value is -1.32. The maximum absolute atomic E-state index is 12.0. The summed E-state index contributed by atoms with van der Waals surface area (Å²) in [6, 6.07) is 5.23. The molecule has 0 aromatic heterocycles. The number of hydrogen-bond donors (Lipinski definition) is 0. The lowest BCUT2D eigenvalue weighted by Gasteiger charge is -2.29. The molecule has 106 valence electrons. The maximum atomic E-state index is 12.0. The van der Waals surface area contributed by atoms with Crippen molar-refractivity contribution in [2.45, 2.75) is 19.3 Å². The van der Waals surface area contributed by atoms with E-state index >= 15 is 0 Å². The summed E-state index contributed by atoms with van der Waals surface area (Å²) in [5, 5.41) is 0.794. The third-order valence-electron chi connectivity index (χ3n) is 3.54. The number of methoxy groups -OCH3 is 1. The van der Waals surface area contributed by atoms with Gasteiger partial charge in [0.15, 0.2) is 5.78 Å². The molecule has 5 heteroatoms. The molecule has 0 spiro atoms. The number of carbonyl (C=O) groups excluding carboxylic acids is 2. The van der Waals surface area contributed by atoms with Crippen molar-refractivity contribution in [3.63, 3.8) is 0 Å². The Kier molecular flexibility index (Phi) is 4.51. The molecule has 20 heavy (non-hydrogen) atoms. The number of carbonyl (C=O) groups is 2. The molecular weight excluding hydrogens is 299 g/mol. The third kappa shape index (κ3) is 2.74. The highest BCUT2D eigenvalue weighted by molar-refractivity contribution is 6.42. The van der Waals surface area contributed by atoms with Crippen LogP contribution in [-0.4, -0.2) is 18.9 Å². The van der Waals surface area contributed by atoms with E-state index in [0.29, 0.717) is 21.2 Å². The normalized spacial score (nSPS) is 22.4.